The van der Waals surface area contributed by atoms with E-state index in [-0.39, 0.29) is 11.5 Å². The highest BCUT2D eigenvalue weighted by molar-refractivity contribution is 14.1. The maximum absolute atomic E-state index is 11.9. The van der Waals surface area contributed by atoms with E-state index in [0.717, 1.165) is 5.56 Å². The number of carbonyl (C=O) groups excluding carboxylic acids is 1. The number of benzene rings is 1. The van der Waals surface area contributed by atoms with E-state index in [1.54, 1.807) is 53.8 Å². The molecule has 0 unspecified atom stereocenters. The molecule has 5 heteroatoms. The second-order valence-electron chi connectivity index (χ2n) is 3.50. The molecule has 0 spiro atoms. The van der Waals surface area contributed by atoms with Crippen LogP contribution in [0.2, 0.25) is 0 Å². The summed E-state index contributed by atoms with van der Waals surface area (Å²) in [6.45, 7) is 3.46. The number of rotatable bonds is 4. The lowest BCUT2D eigenvalue weighted by Gasteiger charge is -2.08. The molecule has 1 atom stereocenters. The molecule has 0 saturated heterocycles. The van der Waals surface area contributed by atoms with Crippen LogP contribution in [0.4, 0.5) is 0 Å². The summed E-state index contributed by atoms with van der Waals surface area (Å²) in [6, 6.07) is 6.92. The van der Waals surface area contributed by atoms with Crippen LogP contribution >= 0.6 is 22.6 Å². The molecule has 0 amide bonds. The Labute approximate surface area is 109 Å². The van der Waals surface area contributed by atoms with Crippen molar-refractivity contribution in [3.8, 4) is 0 Å². The summed E-state index contributed by atoms with van der Waals surface area (Å²) in [4.78, 5) is 11.9. The normalized spacial score (nSPS) is 13.4. The molecule has 0 heterocycles. The Balaban J connectivity index is 2.99. The second-order valence-corrected chi connectivity index (χ2v) is 7.96. The molecule has 0 aliphatic carbocycles. The monoisotopic (exact) mass is 352 g/mol. The van der Waals surface area contributed by atoms with Gasteiger partial charge in [0.15, 0.2) is 18.9 Å². The Morgan fingerprint density at radius 2 is 1.81 bits per heavy atom. The van der Waals surface area contributed by atoms with E-state index in [2.05, 4.69) is 0 Å². The lowest BCUT2D eigenvalue weighted by molar-refractivity contribution is 0.101. The quantitative estimate of drug-likeness (QED) is 0.475. The first-order valence-electron chi connectivity index (χ1n) is 4.85. The topological polar surface area (TPSA) is 51.2 Å². The van der Waals surface area contributed by atoms with E-state index < -0.39 is 13.1 Å². The molecule has 3 nitrogen and oxygen atoms in total. The van der Waals surface area contributed by atoms with E-state index in [9.17, 15) is 13.2 Å². The van der Waals surface area contributed by atoms with Crippen molar-refractivity contribution in [3.63, 3.8) is 0 Å². The molecule has 0 aromatic heterocycles. The number of alkyl halides is 1. The van der Waals surface area contributed by atoms with Crippen molar-refractivity contribution in [1.29, 1.82) is 0 Å². The smallest absolute Gasteiger partial charge is 0.190 e. The number of hydrogen-bond donors (Lipinski definition) is 0. The summed E-state index contributed by atoms with van der Waals surface area (Å²) in [5.74, 6) is -0.361. The first-order valence-corrected chi connectivity index (χ1v) is 7.81. The lowest BCUT2D eigenvalue weighted by atomic mass is 10.1. The molecule has 1 rings (SSSR count). The first-order chi connectivity index (χ1) is 7.38. The predicted molar refractivity (Wildman–Crippen MR) is 72.8 cm³/mol. The summed E-state index contributed by atoms with van der Waals surface area (Å²) >= 11 is 1.69. The molecule has 88 valence electrons. The van der Waals surface area contributed by atoms with Crippen molar-refractivity contribution >= 4 is 38.2 Å². The Kier molecular flexibility index (Phi) is 4.49. The molecule has 0 aliphatic rings. The van der Waals surface area contributed by atoms with Crippen molar-refractivity contribution in [2.45, 2.75) is 17.1 Å². The molecule has 1 aromatic carbocycles. The van der Waals surface area contributed by atoms with Gasteiger partial charge in [0, 0.05) is 11.3 Å². The van der Waals surface area contributed by atoms with Crippen LogP contribution in [0, 0.1) is 6.92 Å². The third-order valence-corrected chi connectivity index (χ3v) is 6.80. The van der Waals surface area contributed by atoms with Gasteiger partial charge in [0.05, 0.1) is 0 Å². The highest BCUT2D eigenvalue weighted by atomic mass is 127. The molecule has 0 bridgehead atoms. The summed E-state index contributed by atoms with van der Waals surface area (Å²) in [7, 11) is -3.32. The molecule has 0 radical (unpaired) electrons. The maximum atomic E-state index is 11.9. The third kappa shape index (κ3) is 3.04. The van der Waals surface area contributed by atoms with Gasteiger partial charge in [0.25, 0.3) is 0 Å². The molecule has 0 saturated carbocycles. The van der Waals surface area contributed by atoms with Crippen molar-refractivity contribution in [2.24, 2.45) is 0 Å². The number of hydrogen-bond acceptors (Lipinski definition) is 3. The fourth-order valence-electron chi connectivity index (χ4n) is 1.16. The van der Waals surface area contributed by atoms with Crippen LogP contribution in [0.15, 0.2) is 24.3 Å². The second kappa shape index (κ2) is 5.27. The van der Waals surface area contributed by atoms with E-state index in [1.807, 2.05) is 6.92 Å². The van der Waals surface area contributed by atoms with E-state index in [4.69, 9.17) is 0 Å². The average molecular weight is 352 g/mol. The number of sulfone groups is 1. The molecule has 0 N–H and O–H groups in total. The third-order valence-electron chi connectivity index (χ3n) is 2.26. The van der Waals surface area contributed by atoms with Gasteiger partial charge in [-0.15, -0.1) is 0 Å². The SMILES string of the molecule is CCS(=O)(=O)[C@@H](I)C(=O)c1ccc(C)cc1. The number of ketones is 1. The van der Waals surface area contributed by atoms with Gasteiger partial charge in [-0.05, 0) is 6.92 Å². The molecule has 0 fully saturated rings. The van der Waals surface area contributed by atoms with Crippen LogP contribution < -0.4 is 0 Å². The van der Waals surface area contributed by atoms with E-state index >= 15 is 0 Å². The Bertz CT molecular complexity index is 476. The van der Waals surface area contributed by atoms with Crippen molar-refractivity contribution in [1.82, 2.24) is 0 Å². The van der Waals surface area contributed by atoms with Gasteiger partial charge in [-0.3, -0.25) is 4.79 Å². The minimum Gasteiger partial charge on any atom is -0.292 e. The molecule has 16 heavy (non-hydrogen) atoms. The zero-order valence-corrected chi connectivity index (χ0v) is 12.1. The standard InChI is InChI=1S/C11H13IO3S/c1-3-16(14,15)11(12)10(13)9-6-4-8(2)5-7-9/h4-7,11H,3H2,1-2H3/t11-/m1/s1. The summed E-state index contributed by atoms with van der Waals surface area (Å²) in [6.07, 6.45) is 0. The predicted octanol–water partition coefficient (Wildman–Crippen LogP) is 2.37. The van der Waals surface area contributed by atoms with Gasteiger partial charge in [-0.2, -0.15) is 0 Å². The fourth-order valence-corrected chi connectivity index (χ4v) is 3.35. The van der Waals surface area contributed by atoms with Crippen LogP contribution in [0.3, 0.4) is 0 Å². The van der Waals surface area contributed by atoms with E-state index in [0.29, 0.717) is 5.56 Å². The molecular weight excluding hydrogens is 339 g/mol. The zero-order chi connectivity index (χ0) is 12.3. The van der Waals surface area contributed by atoms with Gasteiger partial charge in [-0.1, -0.05) is 59.3 Å². The minimum atomic E-state index is -3.32. The average Bonchev–Trinajstić information content (AvgIpc) is 2.28. The summed E-state index contributed by atoms with van der Waals surface area (Å²) < 4.78 is 22.1. The van der Waals surface area contributed by atoms with Crippen LogP contribution in [0.5, 0.6) is 0 Å². The number of carbonyl (C=O) groups is 1. The Morgan fingerprint density at radius 1 is 1.31 bits per heavy atom. The number of halogens is 1. The Hall–Kier alpha value is -0.430. The van der Waals surface area contributed by atoms with Gasteiger partial charge in [-0.25, -0.2) is 8.42 Å². The molecular formula is C11H13IO3S. The summed E-state index contributed by atoms with van der Waals surface area (Å²) in [5.41, 5.74) is 1.49. The highest BCUT2D eigenvalue weighted by Crippen LogP contribution is 2.17. The number of aryl methyl sites for hydroxylation is 1. The first kappa shape index (κ1) is 13.6. The van der Waals surface area contributed by atoms with E-state index in [1.165, 1.54) is 0 Å². The van der Waals surface area contributed by atoms with Crippen LogP contribution in [-0.2, 0) is 9.84 Å². The number of Topliss-reactive ketones (excluding diaryl/α,β-unsaturated/α-hetero) is 1. The van der Waals surface area contributed by atoms with Gasteiger partial charge in [0.2, 0.25) is 0 Å². The van der Waals surface area contributed by atoms with Gasteiger partial charge < -0.3 is 0 Å². The highest BCUT2D eigenvalue weighted by Gasteiger charge is 2.28. The minimum absolute atomic E-state index is 0.0157. The lowest BCUT2D eigenvalue weighted by Crippen LogP contribution is -2.25. The zero-order valence-electron chi connectivity index (χ0n) is 9.10. The summed E-state index contributed by atoms with van der Waals surface area (Å²) in [5, 5.41) is 0. The van der Waals surface area contributed by atoms with Crippen LogP contribution in [-0.4, -0.2) is 23.2 Å². The van der Waals surface area contributed by atoms with Crippen molar-refractivity contribution in [3.05, 3.63) is 35.4 Å². The van der Waals surface area contributed by atoms with Gasteiger partial charge in [0.1, 0.15) is 0 Å². The van der Waals surface area contributed by atoms with Crippen molar-refractivity contribution in [2.75, 3.05) is 5.75 Å². The Morgan fingerprint density at radius 3 is 2.25 bits per heavy atom. The van der Waals surface area contributed by atoms with Crippen LogP contribution in [0.1, 0.15) is 22.8 Å². The maximum Gasteiger partial charge on any atom is 0.190 e. The van der Waals surface area contributed by atoms with Crippen molar-refractivity contribution < 1.29 is 13.2 Å². The van der Waals surface area contributed by atoms with Crippen LogP contribution in [0.25, 0.3) is 0 Å². The van der Waals surface area contributed by atoms with Gasteiger partial charge >= 0.3 is 0 Å². The largest absolute Gasteiger partial charge is 0.292 e. The molecule has 1 aromatic rings. The molecule has 0 aliphatic heterocycles. The fraction of sp³-hybridized carbons (Fsp3) is 0.364.